The second kappa shape index (κ2) is 16.3. The Morgan fingerprint density at radius 3 is 2.31 bits per heavy atom. The van der Waals surface area contributed by atoms with E-state index in [4.69, 9.17) is 24.2 Å². The molecule has 0 aromatic heterocycles. The highest BCUT2D eigenvalue weighted by atomic mass is 35.5. The molecule has 10 heteroatoms. The Bertz CT molecular complexity index is 1870. The predicted octanol–water partition coefficient (Wildman–Crippen LogP) is 6.64. The van der Waals surface area contributed by atoms with Crippen molar-refractivity contribution in [3.63, 3.8) is 0 Å². The number of nitriles is 1. The lowest BCUT2D eigenvalue weighted by Gasteiger charge is -2.31. The second-order valence-electron chi connectivity index (χ2n) is 13.3. The smallest absolute Gasteiger partial charge is 0.328 e. The first-order chi connectivity index (χ1) is 24.4. The summed E-state index contributed by atoms with van der Waals surface area (Å²) in [6, 6.07) is 28.0. The van der Waals surface area contributed by atoms with Gasteiger partial charge in [0.15, 0.2) is 17.6 Å². The summed E-state index contributed by atoms with van der Waals surface area (Å²) < 4.78 is 23.6. The van der Waals surface area contributed by atoms with E-state index in [-0.39, 0.29) is 30.8 Å². The summed E-state index contributed by atoms with van der Waals surface area (Å²) in [7, 11) is 1.32. The molecule has 51 heavy (non-hydrogen) atoms. The minimum atomic E-state index is -0.846. The molecule has 3 unspecified atom stereocenters. The van der Waals surface area contributed by atoms with Crippen LogP contribution >= 0.6 is 12.4 Å². The van der Waals surface area contributed by atoms with Crippen molar-refractivity contribution in [2.45, 2.75) is 63.3 Å². The molecule has 3 atom stereocenters. The molecule has 2 aliphatic heterocycles. The number of halogens is 1. The maximum Gasteiger partial charge on any atom is 0.328 e. The standard InChI is InChI=1S/C41H41N3O6.ClH/c1-47-41(46)36(18-26-6-10-29(11-7-26)30-12-8-27(22-42)9-13-30)44-40(45)35-19-32-20-37-38(21-33(32)23-43-35)50-39(25-49-37)31-14-16-34(17-15-31)48-24-28-4-2-3-5-28;/h6-17,20-21,28,35-36,39,43H,2-5,18-19,23-25H2,1H3,(H,44,45);1H. The molecule has 1 saturated carbocycles. The number of ether oxygens (including phenoxy) is 4. The van der Waals surface area contributed by atoms with Crippen LogP contribution < -0.4 is 24.8 Å². The summed E-state index contributed by atoms with van der Waals surface area (Å²) >= 11 is 0. The van der Waals surface area contributed by atoms with Crippen molar-refractivity contribution >= 4 is 24.3 Å². The van der Waals surface area contributed by atoms with Crippen molar-refractivity contribution in [3.8, 4) is 34.4 Å². The molecule has 264 valence electrons. The van der Waals surface area contributed by atoms with Gasteiger partial charge in [0, 0.05) is 13.0 Å². The topological polar surface area (TPSA) is 119 Å². The van der Waals surface area contributed by atoms with E-state index in [9.17, 15) is 9.59 Å². The number of fused-ring (bicyclic) bond motifs is 2. The Balaban J connectivity index is 0.00000448. The van der Waals surface area contributed by atoms with Gasteiger partial charge in [0.05, 0.1) is 31.4 Å². The van der Waals surface area contributed by atoms with Crippen LogP contribution in [-0.2, 0) is 33.7 Å². The fraction of sp³-hybridized carbons (Fsp3) is 0.341. The van der Waals surface area contributed by atoms with E-state index in [0.29, 0.717) is 42.6 Å². The van der Waals surface area contributed by atoms with Crippen LogP contribution in [0.2, 0.25) is 0 Å². The van der Waals surface area contributed by atoms with Crippen LogP contribution in [0.5, 0.6) is 17.2 Å². The Hall–Kier alpha value is -5.04. The minimum Gasteiger partial charge on any atom is -0.493 e. The third-order valence-electron chi connectivity index (χ3n) is 9.96. The quantitative estimate of drug-likeness (QED) is 0.176. The van der Waals surface area contributed by atoms with Gasteiger partial charge in [0.1, 0.15) is 18.4 Å². The molecule has 0 saturated heterocycles. The van der Waals surface area contributed by atoms with Crippen molar-refractivity contribution in [1.29, 1.82) is 5.26 Å². The van der Waals surface area contributed by atoms with E-state index in [1.54, 1.807) is 12.1 Å². The van der Waals surface area contributed by atoms with E-state index in [0.717, 1.165) is 45.7 Å². The highest BCUT2D eigenvalue weighted by molar-refractivity contribution is 5.88. The molecule has 7 rings (SSSR count). The number of hydrogen-bond donors (Lipinski definition) is 2. The first-order valence-electron chi connectivity index (χ1n) is 17.3. The minimum absolute atomic E-state index is 0. The van der Waals surface area contributed by atoms with Crippen LogP contribution in [0.25, 0.3) is 11.1 Å². The summed E-state index contributed by atoms with van der Waals surface area (Å²) in [6.45, 7) is 1.63. The fourth-order valence-corrected chi connectivity index (χ4v) is 7.02. The molecule has 3 aliphatic rings. The number of nitrogens with zero attached hydrogens (tertiary/aromatic N) is 1. The Labute approximate surface area is 304 Å². The number of nitrogens with one attached hydrogen (secondary N) is 2. The van der Waals surface area contributed by atoms with Crippen molar-refractivity contribution in [2.24, 2.45) is 5.92 Å². The van der Waals surface area contributed by atoms with Crippen LogP contribution in [0.1, 0.15) is 59.6 Å². The van der Waals surface area contributed by atoms with Crippen LogP contribution in [0.3, 0.4) is 0 Å². The van der Waals surface area contributed by atoms with Crippen LogP contribution in [0.4, 0.5) is 0 Å². The lowest BCUT2D eigenvalue weighted by Crippen LogP contribution is -2.53. The second-order valence-corrected chi connectivity index (χ2v) is 13.3. The Kier molecular flexibility index (Phi) is 11.4. The number of methoxy groups -OCH3 is 1. The third kappa shape index (κ3) is 8.47. The molecule has 4 aromatic rings. The van der Waals surface area contributed by atoms with E-state index in [1.807, 2.05) is 72.8 Å². The molecule has 1 amide bonds. The van der Waals surface area contributed by atoms with Gasteiger partial charge in [-0.25, -0.2) is 4.79 Å². The number of benzene rings is 4. The maximum atomic E-state index is 13.5. The molecule has 0 spiro atoms. The van der Waals surface area contributed by atoms with E-state index in [1.165, 1.54) is 32.8 Å². The summed E-state index contributed by atoms with van der Waals surface area (Å²) in [5.74, 6) is 2.11. The van der Waals surface area contributed by atoms with E-state index >= 15 is 0 Å². The normalized spacial score (nSPS) is 18.4. The first kappa shape index (κ1) is 35.8. The number of carbonyl (C=O) groups excluding carboxylic acids is 2. The molecule has 0 bridgehead atoms. The zero-order valence-corrected chi connectivity index (χ0v) is 29.4. The Morgan fingerprint density at radius 1 is 0.941 bits per heavy atom. The molecule has 4 aromatic carbocycles. The van der Waals surface area contributed by atoms with Gasteiger partial charge in [-0.1, -0.05) is 61.4 Å². The molecular weight excluding hydrogens is 666 g/mol. The van der Waals surface area contributed by atoms with Crippen LogP contribution in [0.15, 0.2) is 84.9 Å². The van der Waals surface area contributed by atoms with Gasteiger partial charge in [0.2, 0.25) is 5.91 Å². The molecule has 2 N–H and O–H groups in total. The lowest BCUT2D eigenvalue weighted by molar-refractivity contribution is -0.145. The summed E-state index contributed by atoms with van der Waals surface area (Å²) in [4.78, 5) is 26.2. The van der Waals surface area contributed by atoms with Gasteiger partial charge in [0.25, 0.3) is 0 Å². The van der Waals surface area contributed by atoms with Crippen molar-refractivity contribution in [1.82, 2.24) is 10.6 Å². The third-order valence-corrected chi connectivity index (χ3v) is 9.96. The van der Waals surface area contributed by atoms with Gasteiger partial charge >= 0.3 is 5.97 Å². The molecular formula is C41H42ClN3O6. The zero-order chi connectivity index (χ0) is 34.5. The van der Waals surface area contributed by atoms with Gasteiger partial charge in [-0.3, -0.25) is 4.79 Å². The largest absolute Gasteiger partial charge is 0.493 e. The SMILES string of the molecule is COC(=O)C(Cc1ccc(-c2ccc(C#N)cc2)cc1)NC(=O)C1Cc2cc3c(cc2CN1)OC(c1ccc(OCC2CCCC2)cc1)CO3.Cl. The van der Waals surface area contributed by atoms with Gasteiger partial charge in [-0.15, -0.1) is 12.4 Å². The van der Waals surface area contributed by atoms with E-state index < -0.39 is 18.1 Å². The number of esters is 1. The monoisotopic (exact) mass is 707 g/mol. The number of rotatable bonds is 10. The highest BCUT2D eigenvalue weighted by Gasteiger charge is 2.31. The van der Waals surface area contributed by atoms with Crippen molar-refractivity contribution in [2.75, 3.05) is 20.3 Å². The average Bonchev–Trinajstić information content (AvgIpc) is 3.70. The number of hydrogen-bond acceptors (Lipinski definition) is 8. The summed E-state index contributed by atoms with van der Waals surface area (Å²) in [6.07, 6.45) is 5.62. The van der Waals surface area contributed by atoms with Crippen molar-refractivity contribution in [3.05, 3.63) is 113 Å². The van der Waals surface area contributed by atoms with Crippen LogP contribution in [0, 0.1) is 17.2 Å². The molecule has 1 fully saturated rings. The van der Waals surface area contributed by atoms with Gasteiger partial charge in [-0.2, -0.15) is 5.26 Å². The fourth-order valence-electron chi connectivity index (χ4n) is 7.02. The number of carbonyl (C=O) groups is 2. The molecule has 0 radical (unpaired) electrons. The van der Waals surface area contributed by atoms with Gasteiger partial charge in [-0.05, 0) is 95.0 Å². The Morgan fingerprint density at radius 2 is 1.63 bits per heavy atom. The van der Waals surface area contributed by atoms with Crippen molar-refractivity contribution < 1.29 is 28.5 Å². The molecule has 9 nitrogen and oxygen atoms in total. The zero-order valence-electron chi connectivity index (χ0n) is 28.6. The molecule has 2 heterocycles. The predicted molar refractivity (Wildman–Crippen MR) is 195 cm³/mol. The maximum absolute atomic E-state index is 13.5. The average molecular weight is 708 g/mol. The first-order valence-corrected chi connectivity index (χ1v) is 17.3. The summed E-state index contributed by atoms with van der Waals surface area (Å²) in [5, 5.41) is 15.3. The highest BCUT2D eigenvalue weighted by Crippen LogP contribution is 2.40. The van der Waals surface area contributed by atoms with Gasteiger partial charge < -0.3 is 29.6 Å². The molecule has 1 aliphatic carbocycles. The summed E-state index contributed by atoms with van der Waals surface area (Å²) in [5.41, 5.74) is 6.53. The van der Waals surface area contributed by atoms with Crippen LogP contribution in [-0.4, -0.2) is 44.3 Å². The lowest BCUT2D eigenvalue weighted by atomic mass is 9.94. The number of amides is 1. The van der Waals surface area contributed by atoms with E-state index in [2.05, 4.69) is 16.7 Å².